The third kappa shape index (κ3) is 4.58. The van der Waals surface area contributed by atoms with Gasteiger partial charge in [0.25, 0.3) is 0 Å². The van der Waals surface area contributed by atoms with E-state index in [1.807, 2.05) is 25.1 Å². The monoisotopic (exact) mass is 251 g/mol. The minimum atomic E-state index is -3.13. The molecule has 1 aromatic rings. The van der Waals surface area contributed by atoms with Gasteiger partial charge in [-0.2, -0.15) is 5.26 Å². The Hall–Kier alpha value is -1.34. The molecule has 0 aliphatic rings. The van der Waals surface area contributed by atoms with Crippen molar-refractivity contribution in [2.45, 2.75) is 25.7 Å². The Morgan fingerprint density at radius 2 is 1.94 bits per heavy atom. The molecule has 0 spiro atoms. The maximum absolute atomic E-state index is 11.8. The highest BCUT2D eigenvalue weighted by molar-refractivity contribution is 7.91. The molecular weight excluding hydrogens is 234 g/mol. The summed E-state index contributed by atoms with van der Waals surface area (Å²) < 4.78 is 23.6. The molecule has 0 amide bonds. The summed E-state index contributed by atoms with van der Waals surface area (Å²) in [6, 6.07) is 11.1. The Kier molecular flexibility index (Phi) is 5.17. The summed E-state index contributed by atoms with van der Waals surface area (Å²) in [5.41, 5.74) is 0.773. The fourth-order valence-electron chi connectivity index (χ4n) is 1.59. The van der Waals surface area contributed by atoms with E-state index < -0.39 is 15.8 Å². The third-order valence-electron chi connectivity index (χ3n) is 2.59. The third-order valence-corrected chi connectivity index (χ3v) is 4.34. The normalized spacial score (nSPS) is 12.9. The van der Waals surface area contributed by atoms with Crippen LogP contribution >= 0.6 is 0 Å². The minimum absolute atomic E-state index is 0.0759. The average Bonchev–Trinajstić information content (AvgIpc) is 2.35. The van der Waals surface area contributed by atoms with Crippen molar-refractivity contribution in [3.8, 4) is 6.07 Å². The topological polar surface area (TPSA) is 57.9 Å². The molecule has 92 valence electrons. The Morgan fingerprint density at radius 1 is 1.29 bits per heavy atom. The predicted octanol–water partition coefficient (Wildman–Crippen LogP) is 2.51. The van der Waals surface area contributed by atoms with Crippen molar-refractivity contribution in [3.63, 3.8) is 0 Å². The van der Waals surface area contributed by atoms with Crippen molar-refractivity contribution < 1.29 is 8.42 Å². The molecule has 0 fully saturated rings. The van der Waals surface area contributed by atoms with Gasteiger partial charge in [0.1, 0.15) is 0 Å². The Morgan fingerprint density at radius 3 is 2.47 bits per heavy atom. The maximum Gasteiger partial charge on any atom is 0.151 e. The van der Waals surface area contributed by atoms with Crippen LogP contribution in [0, 0.1) is 11.3 Å². The Labute approximate surface area is 103 Å². The quantitative estimate of drug-likeness (QED) is 0.780. The van der Waals surface area contributed by atoms with E-state index in [1.54, 1.807) is 12.1 Å². The average molecular weight is 251 g/mol. The summed E-state index contributed by atoms with van der Waals surface area (Å²) in [6.07, 6.45) is 1.51. The molecule has 3 nitrogen and oxygen atoms in total. The molecule has 17 heavy (non-hydrogen) atoms. The van der Waals surface area contributed by atoms with Gasteiger partial charge in [-0.25, -0.2) is 8.42 Å². The van der Waals surface area contributed by atoms with E-state index in [0.717, 1.165) is 12.0 Å². The number of nitrogens with zero attached hydrogens (tertiary/aromatic N) is 1. The first-order valence-electron chi connectivity index (χ1n) is 5.74. The molecule has 0 aliphatic heterocycles. The molecule has 0 aliphatic carbocycles. The zero-order valence-electron chi connectivity index (χ0n) is 9.96. The van der Waals surface area contributed by atoms with Crippen LogP contribution in [0.4, 0.5) is 0 Å². The Balaban J connectivity index is 2.75. The van der Waals surface area contributed by atoms with E-state index in [-0.39, 0.29) is 11.5 Å². The van der Waals surface area contributed by atoms with Gasteiger partial charge in [-0.05, 0) is 12.0 Å². The molecule has 1 aromatic carbocycles. The summed E-state index contributed by atoms with van der Waals surface area (Å²) in [4.78, 5) is 0. The van der Waals surface area contributed by atoms with Crippen LogP contribution in [0.15, 0.2) is 30.3 Å². The number of rotatable bonds is 6. The van der Waals surface area contributed by atoms with Crippen LogP contribution in [-0.4, -0.2) is 19.9 Å². The van der Waals surface area contributed by atoms with Gasteiger partial charge >= 0.3 is 0 Å². The SMILES string of the molecule is CCCCS(=O)(=O)CC(C#N)c1ccccc1. The molecule has 0 bridgehead atoms. The standard InChI is InChI=1S/C13H17NO2S/c1-2-3-9-17(15,16)11-13(10-14)12-7-5-4-6-8-12/h4-8,13H,2-3,9,11H2,1H3. The van der Waals surface area contributed by atoms with E-state index in [1.165, 1.54) is 0 Å². The molecule has 1 rings (SSSR count). The number of hydrogen-bond donors (Lipinski definition) is 0. The van der Waals surface area contributed by atoms with Crippen LogP contribution in [0.2, 0.25) is 0 Å². The van der Waals surface area contributed by atoms with Gasteiger partial charge in [0.05, 0.1) is 23.5 Å². The minimum Gasteiger partial charge on any atom is -0.229 e. The lowest BCUT2D eigenvalue weighted by Gasteiger charge is -2.09. The summed E-state index contributed by atoms with van der Waals surface area (Å²) in [5.74, 6) is -0.458. The van der Waals surface area contributed by atoms with Crippen LogP contribution in [0.1, 0.15) is 31.2 Å². The second-order valence-corrected chi connectivity index (χ2v) is 6.29. The second-order valence-electron chi connectivity index (χ2n) is 4.06. The van der Waals surface area contributed by atoms with Gasteiger partial charge in [0, 0.05) is 0 Å². The number of benzene rings is 1. The highest BCUT2D eigenvalue weighted by atomic mass is 32.2. The van der Waals surface area contributed by atoms with E-state index in [0.29, 0.717) is 6.42 Å². The first-order chi connectivity index (χ1) is 8.09. The van der Waals surface area contributed by atoms with Crippen LogP contribution in [0.25, 0.3) is 0 Å². The van der Waals surface area contributed by atoms with Crippen LogP contribution in [0.3, 0.4) is 0 Å². The molecule has 0 radical (unpaired) electrons. The van der Waals surface area contributed by atoms with E-state index in [2.05, 4.69) is 6.07 Å². The number of hydrogen-bond acceptors (Lipinski definition) is 3. The molecule has 1 atom stereocenters. The van der Waals surface area contributed by atoms with E-state index in [4.69, 9.17) is 5.26 Å². The lowest BCUT2D eigenvalue weighted by Crippen LogP contribution is -2.16. The lowest BCUT2D eigenvalue weighted by atomic mass is 10.0. The first-order valence-corrected chi connectivity index (χ1v) is 7.56. The largest absolute Gasteiger partial charge is 0.229 e. The fourth-order valence-corrected chi connectivity index (χ4v) is 3.26. The predicted molar refractivity (Wildman–Crippen MR) is 68.4 cm³/mol. The van der Waals surface area contributed by atoms with Crippen molar-refractivity contribution >= 4 is 9.84 Å². The lowest BCUT2D eigenvalue weighted by molar-refractivity contribution is 0.590. The number of sulfone groups is 1. The summed E-state index contributed by atoms with van der Waals surface area (Å²) in [5, 5.41) is 9.05. The van der Waals surface area contributed by atoms with Gasteiger partial charge < -0.3 is 0 Å². The van der Waals surface area contributed by atoms with Crippen LogP contribution in [-0.2, 0) is 9.84 Å². The number of unbranched alkanes of at least 4 members (excludes halogenated alkanes) is 1. The van der Waals surface area contributed by atoms with E-state index in [9.17, 15) is 8.42 Å². The molecule has 4 heteroatoms. The zero-order valence-corrected chi connectivity index (χ0v) is 10.8. The highest BCUT2D eigenvalue weighted by Gasteiger charge is 2.19. The molecular formula is C13H17NO2S. The molecule has 0 saturated carbocycles. The molecule has 0 N–H and O–H groups in total. The van der Waals surface area contributed by atoms with Gasteiger partial charge in [0.15, 0.2) is 9.84 Å². The Bertz CT molecular complexity index is 474. The molecule has 0 saturated heterocycles. The smallest absolute Gasteiger partial charge is 0.151 e. The van der Waals surface area contributed by atoms with Crippen molar-refractivity contribution in [2.75, 3.05) is 11.5 Å². The van der Waals surface area contributed by atoms with Gasteiger partial charge in [-0.1, -0.05) is 43.7 Å². The highest BCUT2D eigenvalue weighted by Crippen LogP contribution is 2.17. The summed E-state index contributed by atoms with van der Waals surface area (Å²) in [6.45, 7) is 1.95. The molecule has 0 heterocycles. The van der Waals surface area contributed by atoms with Crippen molar-refractivity contribution in [3.05, 3.63) is 35.9 Å². The summed E-state index contributed by atoms with van der Waals surface area (Å²) >= 11 is 0. The van der Waals surface area contributed by atoms with Crippen molar-refractivity contribution in [1.29, 1.82) is 5.26 Å². The van der Waals surface area contributed by atoms with Crippen molar-refractivity contribution in [2.24, 2.45) is 0 Å². The van der Waals surface area contributed by atoms with Crippen LogP contribution < -0.4 is 0 Å². The second kappa shape index (κ2) is 6.41. The van der Waals surface area contributed by atoms with Gasteiger partial charge in [-0.15, -0.1) is 0 Å². The maximum atomic E-state index is 11.8. The zero-order chi connectivity index (χ0) is 12.7. The number of nitriles is 1. The van der Waals surface area contributed by atoms with Gasteiger partial charge in [0.2, 0.25) is 0 Å². The summed E-state index contributed by atoms with van der Waals surface area (Å²) in [7, 11) is -3.13. The molecule has 1 unspecified atom stereocenters. The van der Waals surface area contributed by atoms with Gasteiger partial charge in [-0.3, -0.25) is 0 Å². The fraction of sp³-hybridized carbons (Fsp3) is 0.462. The van der Waals surface area contributed by atoms with Crippen LogP contribution in [0.5, 0.6) is 0 Å². The van der Waals surface area contributed by atoms with E-state index >= 15 is 0 Å². The molecule has 0 aromatic heterocycles. The van der Waals surface area contributed by atoms with Crippen molar-refractivity contribution in [1.82, 2.24) is 0 Å². The first kappa shape index (κ1) is 13.7.